The van der Waals surface area contributed by atoms with Crippen LogP contribution in [0.5, 0.6) is 11.5 Å². The molecule has 4 aliphatic rings. The lowest BCUT2D eigenvalue weighted by molar-refractivity contribution is -0.0453. The first-order valence-corrected chi connectivity index (χ1v) is 7.82. The molecular formula is C18H21NO3. The van der Waals surface area contributed by atoms with Gasteiger partial charge in [-0.05, 0) is 38.0 Å². The van der Waals surface area contributed by atoms with E-state index in [4.69, 9.17) is 13.6 Å². The SMILES string of the molecule is [2H]COc1c([2H])c([2H])c2c3c1O[C@H]1[C@@H](O)C=C[C@H]4[C@@H](C2)N(C)CC[C@@]341. The summed E-state index contributed by atoms with van der Waals surface area (Å²) in [5, 5.41) is 10.6. The van der Waals surface area contributed by atoms with Gasteiger partial charge in [0.25, 0.3) is 0 Å². The minimum absolute atomic E-state index is 0.0160. The van der Waals surface area contributed by atoms with E-state index in [0.717, 1.165) is 24.1 Å². The van der Waals surface area contributed by atoms with Crippen LogP contribution in [-0.2, 0) is 11.8 Å². The molecule has 22 heavy (non-hydrogen) atoms. The summed E-state index contributed by atoms with van der Waals surface area (Å²) in [6.07, 6.45) is 4.35. The molecule has 2 heterocycles. The van der Waals surface area contributed by atoms with Crippen molar-refractivity contribution < 1.29 is 18.7 Å². The molecule has 5 rings (SSSR count). The Balaban J connectivity index is 1.84. The van der Waals surface area contributed by atoms with Gasteiger partial charge in [0.05, 0.1) is 11.2 Å². The number of piperidine rings is 1. The Bertz CT molecular complexity index is 799. The van der Waals surface area contributed by atoms with E-state index in [9.17, 15) is 5.11 Å². The van der Waals surface area contributed by atoms with Crippen molar-refractivity contribution >= 4 is 0 Å². The molecule has 2 bridgehead atoms. The molecule has 5 atom stereocenters. The number of rotatable bonds is 1. The van der Waals surface area contributed by atoms with Crippen LogP contribution in [0.3, 0.4) is 0 Å². The van der Waals surface area contributed by atoms with Crippen molar-refractivity contribution in [3.63, 3.8) is 0 Å². The molecule has 0 saturated carbocycles. The smallest absolute Gasteiger partial charge is 0.165 e. The topological polar surface area (TPSA) is 41.9 Å². The molecule has 2 aliphatic heterocycles. The molecule has 0 aromatic heterocycles. The number of aliphatic hydroxyl groups is 1. The number of aliphatic hydroxyl groups excluding tert-OH is 1. The van der Waals surface area contributed by atoms with Crippen molar-refractivity contribution in [3.05, 3.63) is 35.4 Å². The number of nitrogens with zero attached hydrogens (tertiary/aromatic N) is 1. The van der Waals surface area contributed by atoms with E-state index in [-0.39, 0.29) is 42.3 Å². The predicted octanol–water partition coefficient (Wildman–Crippen LogP) is 1.50. The van der Waals surface area contributed by atoms with Crippen molar-refractivity contribution in [1.29, 1.82) is 0 Å². The fourth-order valence-electron chi connectivity index (χ4n) is 5.17. The third kappa shape index (κ3) is 1.28. The number of ether oxygens (including phenoxy) is 2. The molecule has 0 unspecified atom stereocenters. The Labute approximate surface area is 134 Å². The average molecular weight is 302 g/mol. The summed E-state index contributed by atoms with van der Waals surface area (Å²) in [7, 11) is 1.78. The second-order valence-electron chi connectivity index (χ2n) is 6.89. The fourth-order valence-corrected chi connectivity index (χ4v) is 5.17. The molecule has 1 aromatic carbocycles. The van der Waals surface area contributed by atoms with E-state index in [1.165, 1.54) is 0 Å². The predicted molar refractivity (Wildman–Crippen MR) is 82.5 cm³/mol. The molecule has 1 spiro atoms. The molecule has 1 saturated heterocycles. The highest BCUT2D eigenvalue weighted by Gasteiger charge is 2.64. The fraction of sp³-hybridized carbons (Fsp3) is 0.556. The molecule has 1 fully saturated rings. The second-order valence-corrected chi connectivity index (χ2v) is 6.89. The van der Waals surface area contributed by atoms with Gasteiger partial charge in [-0.15, -0.1) is 0 Å². The summed E-state index contributed by atoms with van der Waals surface area (Å²) in [4.78, 5) is 2.33. The first-order valence-electron chi connectivity index (χ1n) is 9.53. The maximum absolute atomic E-state index is 10.6. The molecular weight excluding hydrogens is 278 g/mol. The summed E-state index contributed by atoms with van der Waals surface area (Å²) < 4.78 is 35.8. The maximum Gasteiger partial charge on any atom is 0.165 e. The van der Waals surface area contributed by atoms with Crippen LogP contribution < -0.4 is 9.47 Å². The minimum Gasteiger partial charge on any atom is -0.493 e. The monoisotopic (exact) mass is 302 g/mol. The Morgan fingerprint density at radius 1 is 1.50 bits per heavy atom. The first-order chi connectivity index (χ1) is 12.0. The zero-order valence-electron chi connectivity index (χ0n) is 15.5. The van der Waals surface area contributed by atoms with E-state index in [2.05, 4.69) is 18.0 Å². The lowest BCUT2D eigenvalue weighted by Crippen LogP contribution is -2.64. The highest BCUT2D eigenvalue weighted by atomic mass is 16.5. The highest BCUT2D eigenvalue weighted by molar-refractivity contribution is 5.62. The van der Waals surface area contributed by atoms with Gasteiger partial charge in [0.15, 0.2) is 11.5 Å². The second kappa shape index (κ2) is 4.06. The van der Waals surface area contributed by atoms with Gasteiger partial charge >= 0.3 is 0 Å². The number of hydrogen-bond acceptors (Lipinski definition) is 4. The van der Waals surface area contributed by atoms with Crippen LogP contribution in [0.4, 0.5) is 0 Å². The molecule has 1 N–H and O–H groups in total. The van der Waals surface area contributed by atoms with Crippen LogP contribution in [0, 0.1) is 5.92 Å². The molecule has 4 nitrogen and oxygen atoms in total. The zero-order valence-corrected chi connectivity index (χ0v) is 12.5. The van der Waals surface area contributed by atoms with Crippen LogP contribution in [0.1, 0.15) is 21.7 Å². The van der Waals surface area contributed by atoms with Gasteiger partial charge in [0, 0.05) is 22.9 Å². The van der Waals surface area contributed by atoms with E-state index in [1.807, 2.05) is 6.08 Å². The highest BCUT2D eigenvalue weighted by Crippen LogP contribution is 2.62. The lowest BCUT2D eigenvalue weighted by atomic mass is 9.53. The van der Waals surface area contributed by atoms with Crippen LogP contribution >= 0.6 is 0 Å². The number of hydrogen-bond donors (Lipinski definition) is 1. The summed E-state index contributed by atoms with van der Waals surface area (Å²) >= 11 is 0. The quantitative estimate of drug-likeness (QED) is 0.798. The van der Waals surface area contributed by atoms with Gasteiger partial charge in [0.1, 0.15) is 12.2 Å². The molecule has 2 aliphatic carbocycles. The number of likely N-dealkylation sites (N-methyl/N-ethyl adjacent to an activating group) is 1. The largest absolute Gasteiger partial charge is 0.493 e. The average Bonchev–Trinajstić information content (AvgIpc) is 2.94. The Kier molecular flexibility index (Phi) is 1.90. The number of benzene rings is 1. The van der Waals surface area contributed by atoms with Crippen LogP contribution in [0.2, 0.25) is 0 Å². The Hall–Kier alpha value is -1.52. The van der Waals surface area contributed by atoms with Gasteiger partial charge in [-0.2, -0.15) is 0 Å². The van der Waals surface area contributed by atoms with Crippen LogP contribution in [0.25, 0.3) is 0 Å². The Morgan fingerprint density at radius 2 is 2.41 bits per heavy atom. The summed E-state index contributed by atoms with van der Waals surface area (Å²) in [6, 6.07) is 0.403. The van der Waals surface area contributed by atoms with E-state index < -0.39 is 12.2 Å². The van der Waals surface area contributed by atoms with Crippen molar-refractivity contribution in [3.8, 4) is 11.5 Å². The summed E-state index contributed by atoms with van der Waals surface area (Å²) in [5.74, 6) is 0.892. The van der Waals surface area contributed by atoms with E-state index >= 15 is 0 Å². The Morgan fingerprint density at radius 3 is 3.27 bits per heavy atom. The van der Waals surface area contributed by atoms with Gasteiger partial charge in [0.2, 0.25) is 0 Å². The van der Waals surface area contributed by atoms with Gasteiger partial charge in [-0.1, -0.05) is 18.2 Å². The van der Waals surface area contributed by atoms with Crippen molar-refractivity contribution in [2.24, 2.45) is 5.92 Å². The lowest BCUT2D eigenvalue weighted by Gasteiger charge is -2.56. The third-order valence-electron chi connectivity index (χ3n) is 6.12. The molecule has 4 heteroatoms. The molecule has 1 aromatic rings. The van der Waals surface area contributed by atoms with Crippen LogP contribution in [-0.4, -0.2) is 48.9 Å². The summed E-state index contributed by atoms with van der Waals surface area (Å²) in [6.45, 7) is 0.908. The minimum atomic E-state index is -0.717. The summed E-state index contributed by atoms with van der Waals surface area (Å²) in [5.41, 5.74) is 1.45. The van der Waals surface area contributed by atoms with Crippen LogP contribution in [0.15, 0.2) is 24.2 Å². The maximum atomic E-state index is 10.6. The van der Waals surface area contributed by atoms with Crippen molar-refractivity contribution in [2.45, 2.75) is 36.5 Å². The van der Waals surface area contributed by atoms with Gasteiger partial charge in [-0.3, -0.25) is 0 Å². The standard InChI is InChI=1S/C18H21NO3/c1-19-8-7-18-11-4-5-13(20)17(18)22-16-14(21-2)6-3-10(15(16)18)9-12(11)19/h3-6,11-13,17,20H,7-9H2,1-2H3/t11-,12+,13-,17-,18-/m0/s1/i2D,3D,6D. The molecule has 116 valence electrons. The third-order valence-corrected chi connectivity index (χ3v) is 6.12. The zero-order chi connectivity index (χ0) is 17.5. The number of likely N-dealkylation sites (tertiary alicyclic amines) is 1. The van der Waals surface area contributed by atoms with Crippen molar-refractivity contribution in [2.75, 3.05) is 20.7 Å². The number of methoxy groups -OCH3 is 1. The normalized spacial score (nSPS) is 42.9. The van der Waals surface area contributed by atoms with E-state index in [1.54, 1.807) is 0 Å². The van der Waals surface area contributed by atoms with Gasteiger partial charge in [-0.25, -0.2) is 0 Å². The molecule has 0 radical (unpaired) electrons. The first kappa shape index (κ1) is 10.3. The van der Waals surface area contributed by atoms with E-state index in [0.29, 0.717) is 12.2 Å². The van der Waals surface area contributed by atoms with Gasteiger partial charge < -0.3 is 19.5 Å². The molecule has 0 amide bonds. The van der Waals surface area contributed by atoms with Crippen molar-refractivity contribution in [1.82, 2.24) is 4.90 Å².